The van der Waals surface area contributed by atoms with Gasteiger partial charge >= 0.3 is 0 Å². The van der Waals surface area contributed by atoms with Gasteiger partial charge in [0.05, 0.1) is 11.4 Å². The van der Waals surface area contributed by atoms with Crippen LogP contribution in [0.5, 0.6) is 0 Å². The van der Waals surface area contributed by atoms with E-state index in [0.29, 0.717) is 0 Å². The van der Waals surface area contributed by atoms with Crippen molar-refractivity contribution in [3.05, 3.63) is 84.4 Å². The molecular weight excluding hydrogens is 282 g/mol. The highest BCUT2D eigenvalue weighted by Gasteiger charge is 2.00. The Hall–Kier alpha value is -2.78. The molecule has 0 radical (unpaired) electrons. The second-order valence-corrected chi connectivity index (χ2v) is 5.65. The molecule has 0 saturated carbocycles. The van der Waals surface area contributed by atoms with Crippen LogP contribution >= 0.6 is 0 Å². The summed E-state index contributed by atoms with van der Waals surface area (Å²) in [5.41, 5.74) is 2.09. The van der Waals surface area contributed by atoms with Crippen LogP contribution in [0.25, 0.3) is 21.5 Å². The van der Waals surface area contributed by atoms with Crippen LogP contribution in [0.1, 0.15) is 11.4 Å². The number of hydrogen-bond donors (Lipinski definition) is 1. The quantitative estimate of drug-likeness (QED) is 0.617. The summed E-state index contributed by atoms with van der Waals surface area (Å²) in [5, 5.41) is 8.22. The maximum absolute atomic E-state index is 4.51. The van der Waals surface area contributed by atoms with Gasteiger partial charge in [-0.15, -0.1) is 0 Å². The number of fused-ring (bicyclic) bond motifs is 2. The van der Waals surface area contributed by atoms with Gasteiger partial charge in [0.2, 0.25) is 0 Å². The number of aromatic nitrogens is 2. The molecule has 3 nitrogen and oxygen atoms in total. The molecule has 4 aromatic rings. The average molecular weight is 299 g/mol. The number of nitrogens with zero attached hydrogens (tertiary/aromatic N) is 2. The molecule has 0 fully saturated rings. The zero-order chi connectivity index (χ0) is 15.5. The summed E-state index contributed by atoms with van der Waals surface area (Å²) in [5.74, 6) is 0. The maximum atomic E-state index is 4.51. The van der Waals surface area contributed by atoms with E-state index >= 15 is 0 Å². The lowest BCUT2D eigenvalue weighted by Gasteiger charge is -2.06. The molecule has 0 bridgehead atoms. The van der Waals surface area contributed by atoms with Gasteiger partial charge in [-0.2, -0.15) is 0 Å². The predicted octanol–water partition coefficient (Wildman–Crippen LogP) is 4.07. The van der Waals surface area contributed by atoms with E-state index in [1.54, 1.807) is 0 Å². The molecule has 0 atom stereocenters. The van der Waals surface area contributed by atoms with Gasteiger partial charge < -0.3 is 5.32 Å². The minimum atomic E-state index is 0.735. The Morgan fingerprint density at radius 1 is 0.609 bits per heavy atom. The molecule has 2 aromatic heterocycles. The minimum absolute atomic E-state index is 0.735. The summed E-state index contributed by atoms with van der Waals surface area (Å²) >= 11 is 0. The third kappa shape index (κ3) is 3.05. The van der Waals surface area contributed by atoms with Crippen LogP contribution < -0.4 is 5.32 Å². The number of rotatable bonds is 4. The van der Waals surface area contributed by atoms with Crippen LogP contribution in [0, 0.1) is 0 Å². The van der Waals surface area contributed by atoms with Crippen molar-refractivity contribution in [2.75, 3.05) is 0 Å². The van der Waals surface area contributed by atoms with Crippen LogP contribution in [0.4, 0.5) is 0 Å². The number of pyridine rings is 2. The van der Waals surface area contributed by atoms with Crippen LogP contribution in [0.3, 0.4) is 0 Å². The number of benzene rings is 2. The van der Waals surface area contributed by atoms with E-state index in [0.717, 1.165) is 24.5 Å². The van der Waals surface area contributed by atoms with Crippen molar-refractivity contribution in [1.82, 2.24) is 15.3 Å². The Kier molecular flexibility index (Phi) is 3.70. The van der Waals surface area contributed by atoms with Crippen molar-refractivity contribution in [2.45, 2.75) is 13.1 Å². The second kappa shape index (κ2) is 6.15. The SMILES string of the molecule is c1ccc2cc(CNCc3cc4ccccc4cn3)ncc2c1. The van der Waals surface area contributed by atoms with Gasteiger partial charge in [-0.3, -0.25) is 9.97 Å². The molecule has 0 aliphatic carbocycles. The minimum Gasteiger partial charge on any atom is -0.306 e. The maximum Gasteiger partial charge on any atom is 0.0548 e. The van der Waals surface area contributed by atoms with Crippen molar-refractivity contribution >= 4 is 21.5 Å². The standard InChI is InChI=1S/C20H17N3/c1-3-7-17-11-22-19(9-15(17)5-1)13-21-14-20-10-16-6-2-4-8-18(16)12-23-20/h1-12,21H,13-14H2. The van der Waals surface area contributed by atoms with E-state index in [1.165, 1.54) is 21.5 Å². The van der Waals surface area contributed by atoms with Crippen LogP contribution in [-0.4, -0.2) is 9.97 Å². The summed E-state index contributed by atoms with van der Waals surface area (Å²) in [4.78, 5) is 9.01. The zero-order valence-electron chi connectivity index (χ0n) is 12.7. The summed E-state index contributed by atoms with van der Waals surface area (Å²) in [6.45, 7) is 1.47. The molecule has 112 valence electrons. The Morgan fingerprint density at radius 2 is 1.04 bits per heavy atom. The van der Waals surface area contributed by atoms with E-state index in [4.69, 9.17) is 0 Å². The first-order chi connectivity index (χ1) is 11.4. The van der Waals surface area contributed by atoms with Gasteiger partial charge in [0.1, 0.15) is 0 Å². The molecule has 0 unspecified atom stereocenters. The number of hydrogen-bond acceptors (Lipinski definition) is 3. The van der Waals surface area contributed by atoms with Crippen LogP contribution in [-0.2, 0) is 13.1 Å². The molecule has 2 heterocycles. The predicted molar refractivity (Wildman–Crippen MR) is 94.0 cm³/mol. The molecule has 23 heavy (non-hydrogen) atoms. The monoisotopic (exact) mass is 299 g/mol. The van der Waals surface area contributed by atoms with E-state index in [1.807, 2.05) is 24.5 Å². The highest BCUT2D eigenvalue weighted by molar-refractivity contribution is 5.82. The summed E-state index contributed by atoms with van der Waals surface area (Å²) in [6, 6.07) is 20.8. The second-order valence-electron chi connectivity index (χ2n) is 5.65. The van der Waals surface area contributed by atoms with Crippen LogP contribution in [0.2, 0.25) is 0 Å². The molecule has 0 amide bonds. The highest BCUT2D eigenvalue weighted by Crippen LogP contribution is 2.14. The van der Waals surface area contributed by atoms with Gasteiger partial charge in [0.15, 0.2) is 0 Å². The fraction of sp³-hybridized carbons (Fsp3) is 0.100. The molecule has 4 rings (SSSR count). The van der Waals surface area contributed by atoms with Crippen molar-refractivity contribution in [1.29, 1.82) is 0 Å². The van der Waals surface area contributed by atoms with Gasteiger partial charge in [-0.25, -0.2) is 0 Å². The zero-order valence-corrected chi connectivity index (χ0v) is 12.7. The third-order valence-corrected chi connectivity index (χ3v) is 3.99. The topological polar surface area (TPSA) is 37.8 Å². The van der Waals surface area contributed by atoms with Crippen LogP contribution in [0.15, 0.2) is 73.1 Å². The first-order valence-corrected chi connectivity index (χ1v) is 7.76. The smallest absolute Gasteiger partial charge is 0.0548 e. The van der Waals surface area contributed by atoms with Gasteiger partial charge in [0, 0.05) is 36.3 Å². The fourth-order valence-corrected chi connectivity index (χ4v) is 2.77. The van der Waals surface area contributed by atoms with E-state index in [9.17, 15) is 0 Å². The first-order valence-electron chi connectivity index (χ1n) is 7.76. The molecule has 1 N–H and O–H groups in total. The van der Waals surface area contributed by atoms with E-state index in [-0.39, 0.29) is 0 Å². The average Bonchev–Trinajstić information content (AvgIpc) is 2.61. The molecular formula is C20H17N3. The Labute approximate surface area is 135 Å². The first kappa shape index (κ1) is 13.9. The summed E-state index contributed by atoms with van der Waals surface area (Å²) < 4.78 is 0. The Balaban J connectivity index is 1.45. The lowest BCUT2D eigenvalue weighted by Crippen LogP contribution is -2.14. The summed E-state index contributed by atoms with van der Waals surface area (Å²) in [7, 11) is 0. The number of nitrogens with one attached hydrogen (secondary N) is 1. The van der Waals surface area contributed by atoms with Crippen molar-refractivity contribution < 1.29 is 0 Å². The van der Waals surface area contributed by atoms with Crippen molar-refractivity contribution in [2.24, 2.45) is 0 Å². The molecule has 0 aliphatic heterocycles. The third-order valence-electron chi connectivity index (χ3n) is 3.99. The largest absolute Gasteiger partial charge is 0.306 e. The molecule has 0 spiro atoms. The van der Waals surface area contributed by atoms with E-state index < -0.39 is 0 Å². The normalized spacial score (nSPS) is 11.1. The lowest BCUT2D eigenvalue weighted by molar-refractivity contribution is 0.669. The Bertz CT molecular complexity index is 883. The van der Waals surface area contributed by atoms with Gasteiger partial charge in [0.25, 0.3) is 0 Å². The van der Waals surface area contributed by atoms with E-state index in [2.05, 4.69) is 63.8 Å². The molecule has 0 saturated heterocycles. The lowest BCUT2D eigenvalue weighted by atomic mass is 10.1. The fourth-order valence-electron chi connectivity index (χ4n) is 2.77. The molecule has 3 heteroatoms. The Morgan fingerprint density at radius 3 is 1.52 bits per heavy atom. The highest BCUT2D eigenvalue weighted by atomic mass is 14.9. The summed E-state index contributed by atoms with van der Waals surface area (Å²) in [6.07, 6.45) is 3.86. The molecule has 0 aliphatic rings. The van der Waals surface area contributed by atoms with Crippen molar-refractivity contribution in [3.63, 3.8) is 0 Å². The van der Waals surface area contributed by atoms with Gasteiger partial charge in [-0.05, 0) is 22.9 Å². The van der Waals surface area contributed by atoms with Gasteiger partial charge in [-0.1, -0.05) is 48.5 Å². The molecule has 2 aromatic carbocycles. The van der Waals surface area contributed by atoms with Crippen molar-refractivity contribution in [3.8, 4) is 0 Å².